The minimum Gasteiger partial charge on any atom is -0.378 e. The fourth-order valence-corrected chi connectivity index (χ4v) is 5.71. The van der Waals surface area contributed by atoms with Crippen molar-refractivity contribution in [3.8, 4) is 0 Å². The van der Waals surface area contributed by atoms with Crippen LogP contribution in [0.4, 0.5) is 22.7 Å². The summed E-state index contributed by atoms with van der Waals surface area (Å²) in [7, 11) is 4.04. The van der Waals surface area contributed by atoms with Gasteiger partial charge >= 0.3 is 0 Å². The summed E-state index contributed by atoms with van der Waals surface area (Å²) in [5.74, 6) is 0.432. The van der Waals surface area contributed by atoms with Gasteiger partial charge in [0.15, 0.2) is 0 Å². The highest BCUT2D eigenvalue weighted by Gasteiger charge is 2.28. The number of rotatable bonds is 7. The Balaban J connectivity index is 1.20. The van der Waals surface area contributed by atoms with Crippen LogP contribution in [0.1, 0.15) is 28.8 Å². The first-order chi connectivity index (χ1) is 18.9. The maximum Gasteiger partial charge on any atom is 0.293 e. The molecule has 3 aromatic carbocycles. The zero-order valence-electron chi connectivity index (χ0n) is 22.8. The number of benzene rings is 3. The molecule has 204 valence electrons. The van der Waals surface area contributed by atoms with Crippen molar-refractivity contribution < 1.29 is 9.72 Å². The monoisotopic (exact) mass is 527 g/mol. The number of anilines is 3. The van der Waals surface area contributed by atoms with Gasteiger partial charge in [0.1, 0.15) is 5.69 Å². The van der Waals surface area contributed by atoms with Crippen molar-refractivity contribution in [2.24, 2.45) is 5.92 Å². The number of hydrogen-bond acceptors (Lipinski definition) is 6. The molecule has 0 saturated carbocycles. The molecule has 0 bridgehead atoms. The highest BCUT2D eigenvalue weighted by molar-refractivity contribution is 5.96. The lowest BCUT2D eigenvalue weighted by atomic mass is 9.90. The minimum atomic E-state index is -0.350. The van der Waals surface area contributed by atoms with Gasteiger partial charge in [0.25, 0.3) is 11.6 Å². The number of nitro benzene ring substituents is 1. The van der Waals surface area contributed by atoms with E-state index in [0.717, 1.165) is 56.8 Å². The van der Waals surface area contributed by atoms with Crippen LogP contribution in [0.25, 0.3) is 0 Å². The van der Waals surface area contributed by atoms with E-state index in [-0.39, 0.29) is 16.5 Å². The zero-order valence-corrected chi connectivity index (χ0v) is 22.8. The van der Waals surface area contributed by atoms with E-state index in [1.165, 1.54) is 11.6 Å². The third-order valence-corrected chi connectivity index (χ3v) is 8.04. The summed E-state index contributed by atoms with van der Waals surface area (Å²) in [5.41, 5.74) is 4.64. The van der Waals surface area contributed by atoms with Gasteiger partial charge in [-0.2, -0.15) is 0 Å². The number of hydrogen-bond donors (Lipinski definition) is 0. The third-order valence-electron chi connectivity index (χ3n) is 8.04. The highest BCUT2D eigenvalue weighted by atomic mass is 16.6. The predicted octanol–water partition coefficient (Wildman–Crippen LogP) is 5.08. The van der Waals surface area contributed by atoms with Crippen molar-refractivity contribution >= 4 is 28.7 Å². The SMILES string of the molecule is CN(C)c1ccc(N2CCN(C(=O)c3ccc(N4CCC(Cc5ccccc5)CC4)c([N+](=O)[O-])c3)CC2)cc1. The van der Waals surface area contributed by atoms with E-state index in [1.807, 2.05) is 20.2 Å². The van der Waals surface area contributed by atoms with Gasteiger partial charge in [-0.25, -0.2) is 0 Å². The van der Waals surface area contributed by atoms with Crippen LogP contribution < -0.4 is 14.7 Å². The number of carbonyl (C=O) groups is 1. The Morgan fingerprint density at radius 1 is 0.872 bits per heavy atom. The Hall–Kier alpha value is -4.07. The summed E-state index contributed by atoms with van der Waals surface area (Å²) in [6.07, 6.45) is 3.03. The molecular formula is C31H37N5O3. The summed E-state index contributed by atoms with van der Waals surface area (Å²) in [4.78, 5) is 33.2. The smallest absolute Gasteiger partial charge is 0.293 e. The van der Waals surface area contributed by atoms with E-state index in [1.54, 1.807) is 17.0 Å². The quantitative estimate of drug-likeness (QED) is 0.315. The Kier molecular flexibility index (Phi) is 8.00. The molecule has 0 atom stereocenters. The first-order valence-electron chi connectivity index (χ1n) is 13.8. The molecule has 0 aromatic heterocycles. The van der Waals surface area contributed by atoms with Crippen molar-refractivity contribution in [1.29, 1.82) is 0 Å². The van der Waals surface area contributed by atoms with Gasteiger partial charge in [-0.1, -0.05) is 30.3 Å². The number of nitrogens with zero attached hydrogens (tertiary/aromatic N) is 5. The van der Waals surface area contributed by atoms with Gasteiger partial charge < -0.3 is 19.6 Å². The molecule has 0 aliphatic carbocycles. The Bertz CT molecular complexity index is 1280. The molecule has 2 aliphatic heterocycles. The van der Waals surface area contributed by atoms with Crippen molar-refractivity contribution in [3.63, 3.8) is 0 Å². The molecule has 5 rings (SSSR count). The second-order valence-electron chi connectivity index (χ2n) is 10.8. The summed E-state index contributed by atoms with van der Waals surface area (Å²) in [6, 6.07) is 23.9. The number of nitro groups is 1. The van der Waals surface area contributed by atoms with Crippen LogP contribution in [0.3, 0.4) is 0 Å². The van der Waals surface area contributed by atoms with Crippen molar-refractivity contribution in [2.75, 3.05) is 68.1 Å². The standard InChI is InChI=1S/C31H37N5O3/c1-32(2)27-9-11-28(12-10-27)33-18-20-35(21-19-33)31(37)26-8-13-29(30(23-26)36(38)39)34-16-14-25(15-17-34)22-24-6-4-3-5-7-24/h3-13,23,25H,14-22H2,1-2H3. The average molecular weight is 528 g/mol. The summed E-state index contributed by atoms with van der Waals surface area (Å²) < 4.78 is 0. The largest absolute Gasteiger partial charge is 0.378 e. The van der Waals surface area contributed by atoms with Crippen molar-refractivity contribution in [2.45, 2.75) is 19.3 Å². The molecule has 0 unspecified atom stereocenters. The molecule has 2 aliphatic rings. The van der Waals surface area contributed by atoms with E-state index in [9.17, 15) is 14.9 Å². The summed E-state index contributed by atoms with van der Waals surface area (Å²) >= 11 is 0. The highest BCUT2D eigenvalue weighted by Crippen LogP contribution is 2.33. The Morgan fingerprint density at radius 3 is 2.15 bits per heavy atom. The van der Waals surface area contributed by atoms with Crippen LogP contribution >= 0.6 is 0 Å². The van der Waals surface area contributed by atoms with Crippen LogP contribution in [0, 0.1) is 16.0 Å². The second kappa shape index (κ2) is 11.8. The Labute approximate surface area is 230 Å². The number of piperidine rings is 1. The topological polar surface area (TPSA) is 73.2 Å². The van der Waals surface area contributed by atoms with Crippen LogP contribution in [0.15, 0.2) is 72.8 Å². The normalized spacial score (nSPS) is 16.3. The molecule has 1 amide bonds. The maximum absolute atomic E-state index is 13.3. The number of carbonyl (C=O) groups excluding carboxylic acids is 1. The fourth-order valence-electron chi connectivity index (χ4n) is 5.71. The molecule has 2 saturated heterocycles. The fraction of sp³-hybridized carbons (Fsp3) is 0.387. The molecule has 2 fully saturated rings. The first-order valence-corrected chi connectivity index (χ1v) is 13.8. The molecule has 8 nitrogen and oxygen atoms in total. The van der Waals surface area contributed by atoms with E-state index < -0.39 is 0 Å². The molecule has 2 heterocycles. The average Bonchev–Trinajstić information content (AvgIpc) is 2.97. The Morgan fingerprint density at radius 2 is 1.54 bits per heavy atom. The van der Waals surface area contributed by atoms with Crippen molar-refractivity contribution in [1.82, 2.24) is 4.90 Å². The summed E-state index contributed by atoms with van der Waals surface area (Å²) in [6.45, 7) is 4.18. The van der Waals surface area contributed by atoms with Crippen LogP contribution in [-0.4, -0.2) is 69.1 Å². The molecule has 3 aromatic rings. The minimum absolute atomic E-state index is 0.0157. The van der Waals surface area contributed by atoms with Gasteiger partial charge in [0.2, 0.25) is 0 Å². The number of amides is 1. The molecule has 0 spiro atoms. The summed E-state index contributed by atoms with van der Waals surface area (Å²) in [5, 5.41) is 12.0. The lowest BCUT2D eigenvalue weighted by molar-refractivity contribution is -0.384. The zero-order chi connectivity index (χ0) is 27.4. The maximum atomic E-state index is 13.3. The predicted molar refractivity (Wildman–Crippen MR) is 157 cm³/mol. The van der Waals surface area contributed by atoms with E-state index >= 15 is 0 Å². The molecule has 39 heavy (non-hydrogen) atoms. The molecule has 8 heteroatoms. The van der Waals surface area contributed by atoms with Crippen molar-refractivity contribution in [3.05, 3.63) is 94.0 Å². The van der Waals surface area contributed by atoms with Gasteiger partial charge in [-0.3, -0.25) is 14.9 Å². The van der Waals surface area contributed by atoms with Gasteiger partial charge in [0.05, 0.1) is 4.92 Å². The lowest BCUT2D eigenvalue weighted by Gasteiger charge is -2.36. The van der Waals surface area contributed by atoms with E-state index in [0.29, 0.717) is 30.3 Å². The van der Waals surface area contributed by atoms with Crippen LogP contribution in [0.2, 0.25) is 0 Å². The van der Waals surface area contributed by atoms with Crippen LogP contribution in [0.5, 0.6) is 0 Å². The van der Waals surface area contributed by atoms with Gasteiger partial charge in [-0.15, -0.1) is 0 Å². The molecule has 0 N–H and O–H groups in total. The first kappa shape index (κ1) is 26.5. The van der Waals surface area contributed by atoms with E-state index in [4.69, 9.17) is 0 Å². The van der Waals surface area contributed by atoms with E-state index in [2.05, 4.69) is 63.2 Å². The third kappa shape index (κ3) is 6.16. The number of piperazine rings is 1. The van der Waals surface area contributed by atoms with Crippen LogP contribution in [-0.2, 0) is 6.42 Å². The molecule has 0 radical (unpaired) electrons. The van der Waals surface area contributed by atoms with Gasteiger partial charge in [-0.05, 0) is 67.1 Å². The second-order valence-corrected chi connectivity index (χ2v) is 10.8. The molecular weight excluding hydrogens is 490 g/mol. The lowest BCUT2D eigenvalue weighted by Crippen LogP contribution is -2.48. The van der Waals surface area contributed by atoms with Gasteiger partial charge in [0, 0.05) is 76.4 Å².